The Balaban J connectivity index is 2.22. The van der Waals surface area contributed by atoms with E-state index in [9.17, 15) is 21.6 Å². The third-order valence-electron chi connectivity index (χ3n) is 2.53. The highest BCUT2D eigenvalue weighted by atomic mass is 32.2. The molecule has 0 aliphatic heterocycles. The van der Waals surface area contributed by atoms with Crippen molar-refractivity contribution in [1.82, 2.24) is 0 Å². The molecule has 0 amide bonds. The molecule has 0 saturated carbocycles. The van der Waals surface area contributed by atoms with E-state index in [2.05, 4.69) is 4.74 Å². The largest absolute Gasteiger partial charge is 0.573 e. The molecule has 8 heteroatoms. The second kappa shape index (κ2) is 5.88. The Kier molecular flexibility index (Phi) is 4.32. The molecule has 0 heterocycles. The number of halogens is 3. The molecule has 2 aromatic carbocycles. The first-order valence-electron chi connectivity index (χ1n) is 5.98. The van der Waals surface area contributed by atoms with Crippen molar-refractivity contribution < 1.29 is 31.1 Å². The predicted octanol–water partition coefficient (Wildman–Crippen LogP) is 3.78. The van der Waals surface area contributed by atoms with Gasteiger partial charge < -0.3 is 9.47 Å². The lowest BCUT2D eigenvalue weighted by molar-refractivity contribution is -0.274. The summed E-state index contributed by atoms with van der Waals surface area (Å²) in [6, 6.07) is 10.6. The van der Waals surface area contributed by atoms with Crippen LogP contribution in [-0.2, 0) is 9.84 Å². The molecule has 0 unspecified atom stereocenters. The van der Waals surface area contributed by atoms with E-state index in [1.165, 1.54) is 24.3 Å². The van der Waals surface area contributed by atoms with Crippen LogP contribution >= 0.6 is 0 Å². The van der Waals surface area contributed by atoms with E-state index in [0.29, 0.717) is 0 Å². The summed E-state index contributed by atoms with van der Waals surface area (Å²) in [4.78, 5) is -0.00869. The van der Waals surface area contributed by atoms with Crippen LogP contribution in [0, 0.1) is 0 Å². The summed E-state index contributed by atoms with van der Waals surface area (Å²) in [7, 11) is -3.48. The van der Waals surface area contributed by atoms with Crippen LogP contribution in [-0.4, -0.2) is 21.0 Å². The second-order valence-electron chi connectivity index (χ2n) is 4.34. The topological polar surface area (TPSA) is 52.6 Å². The molecule has 0 aliphatic carbocycles. The molecule has 0 fully saturated rings. The zero-order chi connectivity index (χ0) is 16.4. The molecule has 0 N–H and O–H groups in total. The van der Waals surface area contributed by atoms with Crippen molar-refractivity contribution in [2.24, 2.45) is 0 Å². The molecule has 0 atom stereocenters. The van der Waals surface area contributed by atoms with Crippen LogP contribution in [0.5, 0.6) is 17.2 Å². The number of hydrogen-bond donors (Lipinski definition) is 0. The highest BCUT2D eigenvalue weighted by molar-refractivity contribution is 7.90. The minimum Gasteiger partial charge on any atom is -0.456 e. The Bertz CT molecular complexity index is 752. The fraction of sp³-hybridized carbons (Fsp3) is 0.143. The first kappa shape index (κ1) is 16.2. The smallest absolute Gasteiger partial charge is 0.456 e. The van der Waals surface area contributed by atoms with Gasteiger partial charge in [-0.25, -0.2) is 8.42 Å². The molecule has 0 saturated heterocycles. The van der Waals surface area contributed by atoms with Crippen LogP contribution in [0.25, 0.3) is 0 Å². The van der Waals surface area contributed by atoms with E-state index in [1.54, 1.807) is 12.1 Å². The summed E-state index contributed by atoms with van der Waals surface area (Å²) in [5.41, 5.74) is 0. The molecule has 0 bridgehead atoms. The van der Waals surface area contributed by atoms with Crippen molar-refractivity contribution in [3.8, 4) is 17.2 Å². The quantitative estimate of drug-likeness (QED) is 0.855. The molecular weight excluding hydrogens is 321 g/mol. The van der Waals surface area contributed by atoms with E-state index in [-0.39, 0.29) is 16.4 Å². The number of hydrogen-bond acceptors (Lipinski definition) is 4. The average Bonchev–Trinajstić information content (AvgIpc) is 2.39. The van der Waals surface area contributed by atoms with Crippen LogP contribution in [0.3, 0.4) is 0 Å². The molecule has 118 valence electrons. The Morgan fingerprint density at radius 1 is 0.909 bits per heavy atom. The Morgan fingerprint density at radius 2 is 1.45 bits per heavy atom. The molecule has 4 nitrogen and oxygen atoms in total. The molecule has 0 spiro atoms. The maximum Gasteiger partial charge on any atom is 0.573 e. The van der Waals surface area contributed by atoms with Crippen molar-refractivity contribution >= 4 is 9.84 Å². The van der Waals surface area contributed by atoms with Crippen molar-refractivity contribution in [3.63, 3.8) is 0 Å². The second-order valence-corrected chi connectivity index (χ2v) is 6.32. The lowest BCUT2D eigenvalue weighted by Gasteiger charge is -2.11. The first-order chi connectivity index (χ1) is 10.1. The monoisotopic (exact) mass is 332 g/mol. The lowest BCUT2D eigenvalue weighted by atomic mass is 10.3. The average molecular weight is 332 g/mol. The number of rotatable bonds is 4. The van der Waals surface area contributed by atoms with Gasteiger partial charge >= 0.3 is 6.36 Å². The first-order valence-corrected chi connectivity index (χ1v) is 7.87. The predicted molar refractivity (Wildman–Crippen MR) is 72.8 cm³/mol. The van der Waals surface area contributed by atoms with Gasteiger partial charge in [-0.15, -0.1) is 13.2 Å². The standard InChI is InChI=1S/C14H11F3O4S/c1-22(18,19)13-5-3-2-4-12(13)20-10-6-8-11(9-7-10)21-14(15,16)17/h2-9H,1H3. The van der Waals surface area contributed by atoms with Crippen LogP contribution in [0.4, 0.5) is 13.2 Å². The molecule has 2 rings (SSSR count). The number of ether oxygens (including phenoxy) is 2. The normalized spacial score (nSPS) is 12.0. The summed E-state index contributed by atoms with van der Waals surface area (Å²) in [5.74, 6) is -0.114. The van der Waals surface area contributed by atoms with E-state index in [1.807, 2.05) is 0 Å². The lowest BCUT2D eigenvalue weighted by Crippen LogP contribution is -2.16. The summed E-state index contributed by atoms with van der Waals surface area (Å²) in [5, 5.41) is 0. The van der Waals surface area contributed by atoms with Gasteiger partial charge in [-0.2, -0.15) is 0 Å². The van der Waals surface area contributed by atoms with E-state index in [4.69, 9.17) is 4.74 Å². The van der Waals surface area contributed by atoms with Crippen LogP contribution < -0.4 is 9.47 Å². The molecule has 0 aromatic heterocycles. The van der Waals surface area contributed by atoms with Gasteiger partial charge in [0.15, 0.2) is 9.84 Å². The van der Waals surface area contributed by atoms with Gasteiger partial charge in [-0.05, 0) is 36.4 Å². The molecule has 22 heavy (non-hydrogen) atoms. The van der Waals surface area contributed by atoms with Crippen molar-refractivity contribution in [2.45, 2.75) is 11.3 Å². The van der Waals surface area contributed by atoms with Crippen molar-refractivity contribution in [1.29, 1.82) is 0 Å². The number of para-hydroxylation sites is 1. The van der Waals surface area contributed by atoms with Crippen LogP contribution in [0.2, 0.25) is 0 Å². The highest BCUT2D eigenvalue weighted by Gasteiger charge is 2.31. The van der Waals surface area contributed by atoms with E-state index >= 15 is 0 Å². The number of benzene rings is 2. The maximum absolute atomic E-state index is 12.1. The third kappa shape index (κ3) is 4.39. The fourth-order valence-corrected chi connectivity index (χ4v) is 2.48. The third-order valence-corrected chi connectivity index (χ3v) is 3.67. The van der Waals surface area contributed by atoms with E-state index < -0.39 is 21.9 Å². The molecule has 0 aliphatic rings. The van der Waals surface area contributed by atoms with Gasteiger partial charge in [0, 0.05) is 6.26 Å². The zero-order valence-electron chi connectivity index (χ0n) is 11.3. The Labute approximate surface area is 125 Å². The minimum atomic E-state index is -4.77. The summed E-state index contributed by atoms with van der Waals surface area (Å²) in [6.07, 6.45) is -3.74. The van der Waals surface area contributed by atoms with Gasteiger partial charge in [0.25, 0.3) is 0 Å². The minimum absolute atomic E-state index is 0.00869. The highest BCUT2D eigenvalue weighted by Crippen LogP contribution is 2.30. The summed E-state index contributed by atoms with van der Waals surface area (Å²) < 4.78 is 68.6. The van der Waals surface area contributed by atoms with E-state index in [0.717, 1.165) is 18.4 Å². The van der Waals surface area contributed by atoms with Crippen molar-refractivity contribution in [3.05, 3.63) is 48.5 Å². The Hall–Kier alpha value is -2.22. The SMILES string of the molecule is CS(=O)(=O)c1ccccc1Oc1ccc(OC(F)(F)F)cc1. The number of sulfone groups is 1. The van der Waals surface area contributed by atoms with Gasteiger partial charge in [0.1, 0.15) is 22.1 Å². The Morgan fingerprint density at radius 3 is 2.00 bits per heavy atom. The van der Waals surface area contributed by atoms with Gasteiger partial charge in [0.05, 0.1) is 0 Å². The molecule has 0 radical (unpaired) electrons. The maximum atomic E-state index is 12.1. The fourth-order valence-electron chi connectivity index (χ4n) is 1.68. The molecule has 2 aromatic rings. The number of alkyl halides is 3. The van der Waals surface area contributed by atoms with Gasteiger partial charge in [0.2, 0.25) is 0 Å². The van der Waals surface area contributed by atoms with Crippen molar-refractivity contribution in [2.75, 3.05) is 6.26 Å². The van der Waals surface area contributed by atoms with Crippen LogP contribution in [0.1, 0.15) is 0 Å². The summed E-state index contributed by atoms with van der Waals surface area (Å²) in [6.45, 7) is 0. The summed E-state index contributed by atoms with van der Waals surface area (Å²) >= 11 is 0. The van der Waals surface area contributed by atoms with Crippen LogP contribution in [0.15, 0.2) is 53.4 Å². The molecular formula is C14H11F3O4S. The van der Waals surface area contributed by atoms with Gasteiger partial charge in [-0.3, -0.25) is 0 Å². The zero-order valence-corrected chi connectivity index (χ0v) is 12.1. The van der Waals surface area contributed by atoms with Gasteiger partial charge in [-0.1, -0.05) is 12.1 Å².